The van der Waals surface area contributed by atoms with Crippen molar-refractivity contribution in [3.05, 3.63) is 90.0 Å². The molecular formula is C30H30F4O3. The molecule has 0 aliphatic carbocycles. The fourth-order valence-corrected chi connectivity index (χ4v) is 4.21. The summed E-state index contributed by atoms with van der Waals surface area (Å²) in [6.07, 6.45) is 4.57. The second kappa shape index (κ2) is 12.4. The van der Waals surface area contributed by atoms with Crippen LogP contribution in [0.3, 0.4) is 0 Å². The summed E-state index contributed by atoms with van der Waals surface area (Å²) < 4.78 is 75.6. The van der Waals surface area contributed by atoms with Crippen LogP contribution in [0.4, 0.5) is 17.6 Å². The summed E-state index contributed by atoms with van der Waals surface area (Å²) in [7, 11) is 0. The summed E-state index contributed by atoms with van der Waals surface area (Å²) in [4.78, 5) is 0. The van der Waals surface area contributed by atoms with Crippen molar-refractivity contribution >= 4 is 0 Å². The second-order valence-electron chi connectivity index (χ2n) is 9.05. The van der Waals surface area contributed by atoms with Crippen LogP contribution in [0.1, 0.15) is 44.5 Å². The van der Waals surface area contributed by atoms with Gasteiger partial charge in [0.05, 0.1) is 19.8 Å². The van der Waals surface area contributed by atoms with Crippen molar-refractivity contribution in [2.45, 2.75) is 38.9 Å². The summed E-state index contributed by atoms with van der Waals surface area (Å²) in [5, 5.41) is 0. The number of hydrogen-bond acceptors (Lipinski definition) is 3. The Morgan fingerprint density at radius 3 is 1.97 bits per heavy atom. The first kappa shape index (κ1) is 26.9. The zero-order chi connectivity index (χ0) is 26.4. The quantitative estimate of drug-likeness (QED) is 0.155. The summed E-state index contributed by atoms with van der Waals surface area (Å²) in [6, 6.07) is 11.9. The fourth-order valence-electron chi connectivity index (χ4n) is 4.21. The Morgan fingerprint density at radius 1 is 0.784 bits per heavy atom. The van der Waals surface area contributed by atoms with Gasteiger partial charge in [-0.1, -0.05) is 68.7 Å². The minimum absolute atomic E-state index is 0.000429. The Kier molecular flexibility index (Phi) is 9.00. The summed E-state index contributed by atoms with van der Waals surface area (Å²) in [5.41, 5.74) is 0.843. The lowest BCUT2D eigenvalue weighted by atomic mass is 9.98. The van der Waals surface area contributed by atoms with E-state index in [0.717, 1.165) is 25.7 Å². The summed E-state index contributed by atoms with van der Waals surface area (Å²) in [5.74, 6) is -4.29. The minimum Gasteiger partial charge on any atom is -0.490 e. The van der Waals surface area contributed by atoms with Crippen molar-refractivity contribution in [1.82, 2.24) is 0 Å². The van der Waals surface area contributed by atoms with Crippen molar-refractivity contribution < 1.29 is 31.8 Å². The third-order valence-electron chi connectivity index (χ3n) is 6.43. The van der Waals surface area contributed by atoms with Gasteiger partial charge in [0.1, 0.15) is 0 Å². The summed E-state index contributed by atoms with van der Waals surface area (Å²) >= 11 is 0. The van der Waals surface area contributed by atoms with Crippen LogP contribution >= 0.6 is 0 Å². The highest BCUT2D eigenvalue weighted by Crippen LogP contribution is 2.35. The van der Waals surface area contributed by atoms with Gasteiger partial charge in [0.25, 0.3) is 0 Å². The molecule has 0 unspecified atom stereocenters. The van der Waals surface area contributed by atoms with Crippen LogP contribution in [0.2, 0.25) is 0 Å². The molecule has 0 aromatic heterocycles. The number of unbranched alkanes of at least 4 members (excludes halogenated alkanes) is 3. The van der Waals surface area contributed by atoms with Crippen molar-refractivity contribution in [2.24, 2.45) is 5.92 Å². The third-order valence-corrected chi connectivity index (χ3v) is 6.43. The van der Waals surface area contributed by atoms with Crippen molar-refractivity contribution in [3.63, 3.8) is 0 Å². The van der Waals surface area contributed by atoms with Crippen LogP contribution in [-0.2, 0) is 9.47 Å². The molecule has 7 heteroatoms. The maximum Gasteiger partial charge on any atom is 0.201 e. The molecule has 0 saturated carbocycles. The smallest absolute Gasteiger partial charge is 0.201 e. The minimum atomic E-state index is -1.05. The molecule has 1 aliphatic rings. The number of hydrogen-bond donors (Lipinski definition) is 0. The molecule has 3 aromatic rings. The van der Waals surface area contributed by atoms with E-state index in [9.17, 15) is 17.6 Å². The maximum absolute atomic E-state index is 15.0. The molecule has 196 valence electrons. The highest BCUT2D eigenvalue weighted by Gasteiger charge is 2.27. The molecular weight excluding hydrogens is 484 g/mol. The molecule has 3 aromatic carbocycles. The van der Waals surface area contributed by atoms with Crippen LogP contribution in [-0.4, -0.2) is 19.8 Å². The number of ether oxygens (including phenoxy) is 3. The molecule has 1 fully saturated rings. The van der Waals surface area contributed by atoms with E-state index in [4.69, 9.17) is 14.2 Å². The van der Waals surface area contributed by atoms with E-state index in [-0.39, 0.29) is 28.4 Å². The Hall–Kier alpha value is -3.16. The Bertz CT molecular complexity index is 1220. The van der Waals surface area contributed by atoms with Gasteiger partial charge in [-0.05, 0) is 29.7 Å². The number of rotatable bonds is 10. The van der Waals surface area contributed by atoms with E-state index < -0.39 is 29.6 Å². The van der Waals surface area contributed by atoms with Gasteiger partial charge in [0, 0.05) is 22.6 Å². The molecule has 1 aliphatic heterocycles. The largest absolute Gasteiger partial charge is 0.490 e. The molecule has 37 heavy (non-hydrogen) atoms. The van der Waals surface area contributed by atoms with Crippen LogP contribution < -0.4 is 4.74 Å². The first-order chi connectivity index (χ1) is 17.9. The average Bonchev–Trinajstić information content (AvgIpc) is 2.93. The SMILES string of the molecule is C=CC1COC(c2ccc(-c3ccc(-c4ccc(OCCCCCC)c(F)c4F)cc3)c(F)c2F)OC1. The van der Waals surface area contributed by atoms with Gasteiger partial charge in [-0.25, -0.2) is 13.2 Å². The third kappa shape index (κ3) is 6.05. The Balaban J connectivity index is 1.49. The first-order valence-electron chi connectivity index (χ1n) is 12.5. The predicted octanol–water partition coefficient (Wildman–Crippen LogP) is 8.38. The predicted molar refractivity (Wildman–Crippen MR) is 135 cm³/mol. The molecule has 0 radical (unpaired) electrons. The molecule has 4 rings (SSSR count). The van der Waals surface area contributed by atoms with E-state index in [1.807, 2.05) is 0 Å². The topological polar surface area (TPSA) is 27.7 Å². The molecule has 0 N–H and O–H groups in total. The lowest BCUT2D eigenvalue weighted by Gasteiger charge is -2.28. The van der Waals surface area contributed by atoms with Crippen LogP contribution in [0.15, 0.2) is 61.2 Å². The lowest BCUT2D eigenvalue weighted by molar-refractivity contribution is -0.198. The van der Waals surface area contributed by atoms with Crippen molar-refractivity contribution in [3.8, 4) is 28.0 Å². The van der Waals surface area contributed by atoms with E-state index in [2.05, 4.69) is 13.5 Å². The Labute approximate surface area is 214 Å². The van der Waals surface area contributed by atoms with Crippen molar-refractivity contribution in [1.29, 1.82) is 0 Å². The van der Waals surface area contributed by atoms with Gasteiger partial charge in [-0.15, -0.1) is 6.58 Å². The van der Waals surface area contributed by atoms with E-state index >= 15 is 0 Å². The average molecular weight is 515 g/mol. The highest BCUT2D eigenvalue weighted by atomic mass is 19.2. The monoisotopic (exact) mass is 514 g/mol. The molecule has 0 amide bonds. The first-order valence-corrected chi connectivity index (χ1v) is 12.5. The normalized spacial score (nSPS) is 17.5. The van der Waals surface area contributed by atoms with Crippen LogP contribution in [0.5, 0.6) is 5.75 Å². The highest BCUT2D eigenvalue weighted by molar-refractivity contribution is 5.71. The molecule has 0 spiro atoms. The number of benzene rings is 3. The van der Waals surface area contributed by atoms with Crippen molar-refractivity contribution in [2.75, 3.05) is 19.8 Å². The van der Waals surface area contributed by atoms with E-state index in [1.54, 1.807) is 6.08 Å². The zero-order valence-electron chi connectivity index (χ0n) is 20.7. The standard InChI is InChI=1S/C30H30F4O3/c1-3-5-6-7-16-35-25-15-14-23(27(32)29(25)34)21-10-8-20(9-11-21)22-12-13-24(28(33)26(22)31)30-36-17-19(4-2)18-37-30/h4,8-15,19,30H,2-3,5-7,16-18H2,1H3. The molecule has 1 heterocycles. The van der Waals surface area contributed by atoms with Gasteiger partial charge in [-0.2, -0.15) is 4.39 Å². The molecule has 0 atom stereocenters. The van der Waals surface area contributed by atoms with Gasteiger partial charge < -0.3 is 14.2 Å². The summed E-state index contributed by atoms with van der Waals surface area (Å²) in [6.45, 7) is 6.70. The van der Waals surface area contributed by atoms with Crippen LogP contribution in [0, 0.1) is 29.2 Å². The van der Waals surface area contributed by atoms with Gasteiger partial charge >= 0.3 is 0 Å². The lowest BCUT2D eigenvalue weighted by Crippen LogP contribution is -2.26. The maximum atomic E-state index is 15.0. The van der Waals surface area contributed by atoms with Gasteiger partial charge in [0.2, 0.25) is 5.82 Å². The molecule has 0 bridgehead atoms. The number of halogens is 4. The zero-order valence-corrected chi connectivity index (χ0v) is 20.7. The molecule has 3 nitrogen and oxygen atoms in total. The van der Waals surface area contributed by atoms with Gasteiger partial charge in [-0.3, -0.25) is 0 Å². The fraction of sp³-hybridized carbons (Fsp3) is 0.333. The van der Waals surface area contributed by atoms with Crippen LogP contribution in [0.25, 0.3) is 22.3 Å². The van der Waals surface area contributed by atoms with E-state index in [0.29, 0.717) is 30.9 Å². The second-order valence-corrected chi connectivity index (χ2v) is 9.05. The van der Waals surface area contributed by atoms with Gasteiger partial charge in [0.15, 0.2) is 29.5 Å². The van der Waals surface area contributed by atoms with E-state index in [1.165, 1.54) is 48.5 Å². The molecule has 1 saturated heterocycles. The Morgan fingerprint density at radius 2 is 1.38 bits per heavy atom.